The number of hydrogen-bond acceptors (Lipinski definition) is 2. The van der Waals surface area contributed by atoms with Gasteiger partial charge in [-0.25, -0.2) is 8.42 Å². The standard InChI is InChI=1S/C26H27NO2S/c1-22-15-17-25(18-16-22)30(28,29)27-21-9-20-26(27,24-13-6-3-7-14-24)19-8-12-23-10-4-2-5-11-23/h2-8,10-11,13-19H,9,12,20-21H2,1H3/b19-8+/t26-/m1/s1. The number of allylic oxidation sites excluding steroid dienone is 1. The lowest BCUT2D eigenvalue weighted by molar-refractivity contribution is 0.308. The Balaban J connectivity index is 1.75. The maximum atomic E-state index is 13.7. The summed E-state index contributed by atoms with van der Waals surface area (Å²) < 4.78 is 29.0. The smallest absolute Gasteiger partial charge is 0.207 e. The fourth-order valence-corrected chi connectivity index (χ4v) is 6.06. The highest BCUT2D eigenvalue weighted by Gasteiger charge is 2.47. The first-order valence-electron chi connectivity index (χ1n) is 10.4. The lowest BCUT2D eigenvalue weighted by Gasteiger charge is -2.36. The van der Waals surface area contributed by atoms with Crippen LogP contribution >= 0.6 is 0 Å². The van der Waals surface area contributed by atoms with Crippen molar-refractivity contribution < 1.29 is 8.42 Å². The van der Waals surface area contributed by atoms with E-state index in [2.05, 4.69) is 24.3 Å². The summed E-state index contributed by atoms with van der Waals surface area (Å²) in [6.45, 7) is 2.48. The molecule has 0 spiro atoms. The van der Waals surface area contributed by atoms with Gasteiger partial charge in [0, 0.05) is 6.54 Å². The van der Waals surface area contributed by atoms with Gasteiger partial charge in [-0.3, -0.25) is 0 Å². The summed E-state index contributed by atoms with van der Waals surface area (Å²) in [6.07, 6.45) is 6.59. The minimum Gasteiger partial charge on any atom is -0.207 e. The van der Waals surface area contributed by atoms with Crippen LogP contribution < -0.4 is 0 Å². The van der Waals surface area contributed by atoms with Gasteiger partial charge in [0.05, 0.1) is 10.4 Å². The first kappa shape index (κ1) is 20.6. The zero-order chi connectivity index (χ0) is 21.0. The average molecular weight is 418 g/mol. The normalized spacial score (nSPS) is 20.0. The van der Waals surface area contributed by atoms with Gasteiger partial charge in [0.25, 0.3) is 0 Å². The van der Waals surface area contributed by atoms with E-state index in [1.54, 1.807) is 16.4 Å². The van der Waals surface area contributed by atoms with E-state index in [1.807, 2.05) is 67.6 Å². The van der Waals surface area contributed by atoms with Crippen LogP contribution in [0.15, 0.2) is 102 Å². The molecule has 30 heavy (non-hydrogen) atoms. The van der Waals surface area contributed by atoms with Crippen molar-refractivity contribution in [3.05, 3.63) is 114 Å². The average Bonchev–Trinajstić information content (AvgIpc) is 3.21. The fourth-order valence-electron chi connectivity index (χ4n) is 4.27. The van der Waals surface area contributed by atoms with Crippen LogP contribution in [0.1, 0.15) is 29.5 Å². The molecule has 1 fully saturated rings. The Morgan fingerprint density at radius 3 is 2.20 bits per heavy atom. The van der Waals surface area contributed by atoms with Gasteiger partial charge >= 0.3 is 0 Å². The summed E-state index contributed by atoms with van der Waals surface area (Å²) in [6, 6.07) is 27.4. The second kappa shape index (κ2) is 8.58. The minimum atomic E-state index is -3.62. The highest BCUT2D eigenvalue weighted by molar-refractivity contribution is 7.89. The molecule has 1 saturated heterocycles. The fraction of sp³-hybridized carbons (Fsp3) is 0.231. The third-order valence-corrected chi connectivity index (χ3v) is 7.79. The third kappa shape index (κ3) is 3.98. The minimum absolute atomic E-state index is 0.353. The van der Waals surface area contributed by atoms with Crippen LogP contribution in [-0.2, 0) is 22.0 Å². The molecule has 154 valence electrons. The Morgan fingerprint density at radius 2 is 1.53 bits per heavy atom. The molecular formula is C26H27NO2S. The van der Waals surface area contributed by atoms with Crippen molar-refractivity contribution in [1.82, 2.24) is 4.31 Å². The Morgan fingerprint density at radius 1 is 0.900 bits per heavy atom. The van der Waals surface area contributed by atoms with E-state index in [-0.39, 0.29) is 0 Å². The quantitative estimate of drug-likeness (QED) is 0.499. The van der Waals surface area contributed by atoms with Crippen molar-refractivity contribution in [2.75, 3.05) is 6.54 Å². The van der Waals surface area contributed by atoms with Crippen LogP contribution in [-0.4, -0.2) is 19.3 Å². The number of hydrogen-bond donors (Lipinski definition) is 0. The number of sulfonamides is 1. The molecule has 4 rings (SSSR count). The van der Waals surface area contributed by atoms with Crippen molar-refractivity contribution >= 4 is 10.0 Å². The van der Waals surface area contributed by atoms with Gasteiger partial charge in [0.2, 0.25) is 10.0 Å². The summed E-state index contributed by atoms with van der Waals surface area (Å²) in [4.78, 5) is 0.353. The van der Waals surface area contributed by atoms with Crippen molar-refractivity contribution in [3.8, 4) is 0 Å². The first-order chi connectivity index (χ1) is 14.5. The van der Waals surface area contributed by atoms with Crippen molar-refractivity contribution in [2.45, 2.75) is 36.6 Å². The van der Waals surface area contributed by atoms with Gasteiger partial charge in [-0.05, 0) is 49.4 Å². The molecule has 4 heteroatoms. The number of nitrogens with zero attached hydrogens (tertiary/aromatic N) is 1. The van der Waals surface area contributed by atoms with Crippen molar-refractivity contribution in [3.63, 3.8) is 0 Å². The Kier molecular flexibility index (Phi) is 5.89. The Labute approximate surface area is 179 Å². The van der Waals surface area contributed by atoms with E-state index >= 15 is 0 Å². The monoisotopic (exact) mass is 417 g/mol. The lowest BCUT2D eigenvalue weighted by Crippen LogP contribution is -2.43. The molecule has 1 heterocycles. The molecule has 0 unspecified atom stereocenters. The summed E-state index contributed by atoms with van der Waals surface area (Å²) in [5, 5.41) is 0. The molecule has 1 aliphatic heterocycles. The van der Waals surface area contributed by atoms with Gasteiger partial charge in [0.15, 0.2) is 0 Å². The molecule has 0 saturated carbocycles. The predicted octanol–water partition coefficient (Wildman–Crippen LogP) is 5.47. The molecular weight excluding hydrogens is 390 g/mol. The Bertz CT molecular complexity index is 1110. The molecule has 0 radical (unpaired) electrons. The summed E-state index contributed by atoms with van der Waals surface area (Å²) in [5.74, 6) is 0. The summed E-state index contributed by atoms with van der Waals surface area (Å²) >= 11 is 0. The zero-order valence-electron chi connectivity index (χ0n) is 17.2. The molecule has 0 bridgehead atoms. The van der Waals surface area contributed by atoms with Gasteiger partial charge in [-0.15, -0.1) is 0 Å². The second-order valence-corrected chi connectivity index (χ2v) is 9.74. The summed E-state index contributed by atoms with van der Waals surface area (Å²) in [7, 11) is -3.62. The van der Waals surface area contributed by atoms with E-state index in [4.69, 9.17) is 0 Å². The molecule has 3 nitrogen and oxygen atoms in total. The van der Waals surface area contributed by atoms with Crippen molar-refractivity contribution in [2.24, 2.45) is 0 Å². The number of benzene rings is 3. The number of rotatable bonds is 6. The summed E-state index contributed by atoms with van der Waals surface area (Å²) in [5.41, 5.74) is 2.61. The molecule has 3 aromatic carbocycles. The van der Waals surface area contributed by atoms with Crippen LogP contribution in [0, 0.1) is 6.92 Å². The van der Waals surface area contributed by atoms with Gasteiger partial charge in [-0.1, -0.05) is 90.5 Å². The van der Waals surface area contributed by atoms with E-state index in [1.165, 1.54) is 5.56 Å². The maximum absolute atomic E-state index is 13.7. The number of aryl methyl sites for hydroxylation is 1. The molecule has 0 aromatic heterocycles. The molecule has 1 atom stereocenters. The Hall–Kier alpha value is -2.69. The SMILES string of the molecule is Cc1ccc(S(=O)(=O)N2CCC[C@]2(/C=C/Cc2ccccc2)c2ccccc2)cc1. The van der Waals surface area contributed by atoms with Crippen LogP contribution in [0.5, 0.6) is 0 Å². The topological polar surface area (TPSA) is 37.4 Å². The molecule has 0 aliphatic carbocycles. The van der Waals surface area contributed by atoms with E-state index in [9.17, 15) is 8.42 Å². The van der Waals surface area contributed by atoms with Gasteiger partial charge in [0.1, 0.15) is 0 Å². The van der Waals surface area contributed by atoms with E-state index in [0.717, 1.165) is 30.4 Å². The van der Waals surface area contributed by atoms with Crippen LogP contribution in [0.2, 0.25) is 0 Å². The van der Waals surface area contributed by atoms with Crippen LogP contribution in [0.4, 0.5) is 0 Å². The van der Waals surface area contributed by atoms with E-state index < -0.39 is 15.6 Å². The van der Waals surface area contributed by atoms with E-state index in [0.29, 0.717) is 11.4 Å². The van der Waals surface area contributed by atoms with Gasteiger partial charge in [-0.2, -0.15) is 4.31 Å². The van der Waals surface area contributed by atoms with Crippen LogP contribution in [0.25, 0.3) is 0 Å². The highest BCUT2D eigenvalue weighted by Crippen LogP contribution is 2.43. The third-order valence-electron chi connectivity index (χ3n) is 5.84. The lowest BCUT2D eigenvalue weighted by atomic mass is 9.87. The molecule has 3 aromatic rings. The predicted molar refractivity (Wildman–Crippen MR) is 122 cm³/mol. The van der Waals surface area contributed by atoms with Crippen LogP contribution in [0.3, 0.4) is 0 Å². The molecule has 0 amide bonds. The molecule has 1 aliphatic rings. The van der Waals surface area contributed by atoms with Crippen molar-refractivity contribution in [1.29, 1.82) is 0 Å². The highest BCUT2D eigenvalue weighted by atomic mass is 32.2. The second-order valence-electron chi connectivity index (χ2n) is 7.88. The van der Waals surface area contributed by atoms with Gasteiger partial charge < -0.3 is 0 Å². The maximum Gasteiger partial charge on any atom is 0.244 e. The largest absolute Gasteiger partial charge is 0.244 e. The first-order valence-corrected chi connectivity index (χ1v) is 11.8. The zero-order valence-corrected chi connectivity index (χ0v) is 18.1. The molecule has 0 N–H and O–H groups in total.